The molecular weight excluding hydrogens is 296 g/mol. The third kappa shape index (κ3) is 4.35. The van der Waals surface area contributed by atoms with Crippen LogP contribution in [0.1, 0.15) is 18.3 Å². The SMILES string of the molecule is Cc1nn(C)c(CNCC(C)(O)CN(C)C)c1Br. The second-order valence-corrected chi connectivity index (χ2v) is 6.10. The molecule has 1 aromatic rings. The number of rotatable bonds is 6. The van der Waals surface area contributed by atoms with Gasteiger partial charge in [-0.1, -0.05) is 0 Å². The highest BCUT2D eigenvalue weighted by atomic mass is 79.9. The fourth-order valence-corrected chi connectivity index (χ4v) is 2.54. The number of nitrogens with one attached hydrogen (secondary N) is 1. The van der Waals surface area contributed by atoms with Crippen LogP contribution >= 0.6 is 15.9 Å². The molecule has 5 nitrogen and oxygen atoms in total. The quantitative estimate of drug-likeness (QED) is 0.818. The second kappa shape index (κ2) is 6.14. The first-order valence-electron chi connectivity index (χ1n) is 5.99. The molecule has 2 N–H and O–H groups in total. The van der Waals surface area contributed by atoms with Gasteiger partial charge >= 0.3 is 0 Å². The summed E-state index contributed by atoms with van der Waals surface area (Å²) in [4.78, 5) is 1.98. The normalized spacial score (nSPS) is 15.1. The Balaban J connectivity index is 2.51. The van der Waals surface area contributed by atoms with Crippen molar-refractivity contribution in [2.45, 2.75) is 26.0 Å². The van der Waals surface area contributed by atoms with Crippen LogP contribution in [0.4, 0.5) is 0 Å². The lowest BCUT2D eigenvalue weighted by atomic mass is 10.1. The molecule has 0 saturated carbocycles. The van der Waals surface area contributed by atoms with Crippen LogP contribution in [0.2, 0.25) is 0 Å². The molecule has 0 radical (unpaired) electrons. The largest absolute Gasteiger partial charge is 0.388 e. The van der Waals surface area contributed by atoms with Gasteiger partial charge in [0.25, 0.3) is 0 Å². The van der Waals surface area contributed by atoms with Gasteiger partial charge in [0.15, 0.2) is 0 Å². The van der Waals surface area contributed by atoms with Crippen LogP contribution in [0.25, 0.3) is 0 Å². The summed E-state index contributed by atoms with van der Waals surface area (Å²) >= 11 is 3.53. The molecule has 0 amide bonds. The van der Waals surface area contributed by atoms with Crippen molar-refractivity contribution in [3.8, 4) is 0 Å². The zero-order chi connectivity index (χ0) is 13.9. The lowest BCUT2D eigenvalue weighted by molar-refractivity contribution is 0.0334. The number of halogens is 1. The highest BCUT2D eigenvalue weighted by Gasteiger charge is 2.21. The molecule has 1 unspecified atom stereocenters. The monoisotopic (exact) mass is 318 g/mol. The van der Waals surface area contributed by atoms with Crippen molar-refractivity contribution in [2.75, 3.05) is 27.2 Å². The summed E-state index contributed by atoms with van der Waals surface area (Å²) < 4.78 is 2.89. The predicted molar refractivity (Wildman–Crippen MR) is 76.5 cm³/mol. The molecule has 0 aliphatic heterocycles. The molecule has 1 heterocycles. The minimum absolute atomic E-state index is 0.543. The Morgan fingerprint density at radius 3 is 2.56 bits per heavy atom. The Labute approximate surface area is 117 Å². The van der Waals surface area contributed by atoms with Crippen LogP contribution in [0.3, 0.4) is 0 Å². The van der Waals surface area contributed by atoms with Crippen LogP contribution in [0.15, 0.2) is 4.47 Å². The zero-order valence-electron chi connectivity index (χ0n) is 11.8. The minimum Gasteiger partial charge on any atom is -0.388 e. The molecular formula is C12H23BrN4O. The Morgan fingerprint density at radius 1 is 1.50 bits per heavy atom. The molecule has 0 saturated heterocycles. The van der Waals surface area contributed by atoms with E-state index in [-0.39, 0.29) is 0 Å². The van der Waals surface area contributed by atoms with Gasteiger partial charge in [-0.05, 0) is 43.9 Å². The molecule has 0 fully saturated rings. The molecule has 0 aliphatic rings. The molecule has 0 aromatic carbocycles. The fourth-order valence-electron chi connectivity index (χ4n) is 2.06. The maximum Gasteiger partial charge on any atom is 0.0869 e. The van der Waals surface area contributed by atoms with Crippen LogP contribution in [-0.2, 0) is 13.6 Å². The first kappa shape index (κ1) is 15.6. The first-order chi connectivity index (χ1) is 8.23. The number of aliphatic hydroxyl groups is 1. The number of likely N-dealkylation sites (N-methyl/N-ethyl adjacent to an activating group) is 1. The maximum atomic E-state index is 10.2. The molecule has 0 spiro atoms. The van der Waals surface area contributed by atoms with Gasteiger partial charge in [0, 0.05) is 26.7 Å². The summed E-state index contributed by atoms with van der Waals surface area (Å²) in [5, 5.41) is 17.8. The van der Waals surface area contributed by atoms with Crippen molar-refractivity contribution in [2.24, 2.45) is 7.05 Å². The average Bonchev–Trinajstić information content (AvgIpc) is 2.42. The van der Waals surface area contributed by atoms with Gasteiger partial charge in [0.1, 0.15) is 0 Å². The van der Waals surface area contributed by atoms with Crippen molar-refractivity contribution in [3.63, 3.8) is 0 Å². The number of hydrogen-bond donors (Lipinski definition) is 2. The number of aromatic nitrogens is 2. The summed E-state index contributed by atoms with van der Waals surface area (Å²) in [6, 6.07) is 0. The van der Waals surface area contributed by atoms with E-state index in [0.717, 1.165) is 15.9 Å². The summed E-state index contributed by atoms with van der Waals surface area (Å²) in [7, 11) is 5.83. The molecule has 1 aromatic heterocycles. The van der Waals surface area contributed by atoms with E-state index in [1.54, 1.807) is 0 Å². The van der Waals surface area contributed by atoms with E-state index in [4.69, 9.17) is 0 Å². The van der Waals surface area contributed by atoms with E-state index >= 15 is 0 Å². The Bertz CT molecular complexity index is 401. The summed E-state index contributed by atoms with van der Waals surface area (Å²) in [5.41, 5.74) is 1.34. The summed E-state index contributed by atoms with van der Waals surface area (Å²) in [5.74, 6) is 0. The summed E-state index contributed by atoms with van der Waals surface area (Å²) in [6.07, 6.45) is 0. The van der Waals surface area contributed by atoms with Crippen molar-refractivity contribution < 1.29 is 5.11 Å². The van der Waals surface area contributed by atoms with Gasteiger partial charge in [0.05, 0.1) is 21.5 Å². The van der Waals surface area contributed by atoms with Crippen molar-refractivity contribution in [3.05, 3.63) is 15.9 Å². The fraction of sp³-hybridized carbons (Fsp3) is 0.750. The van der Waals surface area contributed by atoms with E-state index in [2.05, 4.69) is 26.3 Å². The Hall–Kier alpha value is -0.430. The number of aryl methyl sites for hydroxylation is 2. The smallest absolute Gasteiger partial charge is 0.0869 e. The average molecular weight is 319 g/mol. The molecule has 18 heavy (non-hydrogen) atoms. The van der Waals surface area contributed by atoms with E-state index in [9.17, 15) is 5.11 Å². The third-order valence-electron chi connectivity index (χ3n) is 2.72. The van der Waals surface area contributed by atoms with Crippen LogP contribution in [0.5, 0.6) is 0 Å². The second-order valence-electron chi connectivity index (χ2n) is 5.31. The van der Waals surface area contributed by atoms with Gasteiger partial charge in [-0.2, -0.15) is 5.10 Å². The van der Waals surface area contributed by atoms with E-state index in [1.807, 2.05) is 44.6 Å². The molecule has 0 aliphatic carbocycles. The topological polar surface area (TPSA) is 53.3 Å². The number of hydrogen-bond acceptors (Lipinski definition) is 4. The van der Waals surface area contributed by atoms with Crippen molar-refractivity contribution in [1.82, 2.24) is 20.0 Å². The maximum absolute atomic E-state index is 10.2. The minimum atomic E-state index is -0.733. The van der Waals surface area contributed by atoms with Gasteiger partial charge in [-0.15, -0.1) is 0 Å². The Morgan fingerprint density at radius 2 is 2.11 bits per heavy atom. The number of nitrogens with zero attached hydrogens (tertiary/aromatic N) is 3. The highest BCUT2D eigenvalue weighted by molar-refractivity contribution is 9.10. The standard InChI is InChI=1S/C12H23BrN4O/c1-9-11(13)10(17(5)15-9)6-14-7-12(2,18)8-16(3)4/h14,18H,6-8H2,1-5H3. The van der Waals surface area contributed by atoms with Crippen molar-refractivity contribution >= 4 is 15.9 Å². The predicted octanol–water partition coefficient (Wildman–Crippen LogP) is 0.893. The van der Waals surface area contributed by atoms with Gasteiger partial charge < -0.3 is 15.3 Å². The van der Waals surface area contributed by atoms with E-state index in [1.165, 1.54) is 0 Å². The third-order valence-corrected chi connectivity index (χ3v) is 3.75. The highest BCUT2D eigenvalue weighted by Crippen LogP contribution is 2.19. The van der Waals surface area contributed by atoms with E-state index in [0.29, 0.717) is 19.6 Å². The molecule has 104 valence electrons. The van der Waals surface area contributed by atoms with Gasteiger partial charge in [0.2, 0.25) is 0 Å². The zero-order valence-corrected chi connectivity index (χ0v) is 13.4. The lowest BCUT2D eigenvalue weighted by Crippen LogP contribution is -2.45. The van der Waals surface area contributed by atoms with Gasteiger partial charge in [-0.25, -0.2) is 0 Å². The Kier molecular flexibility index (Phi) is 5.33. The van der Waals surface area contributed by atoms with E-state index < -0.39 is 5.60 Å². The lowest BCUT2D eigenvalue weighted by Gasteiger charge is -2.27. The van der Waals surface area contributed by atoms with Crippen molar-refractivity contribution in [1.29, 1.82) is 0 Å². The molecule has 1 rings (SSSR count). The molecule has 1 atom stereocenters. The summed E-state index contributed by atoms with van der Waals surface area (Å²) in [6.45, 7) is 5.66. The first-order valence-corrected chi connectivity index (χ1v) is 6.78. The molecule has 6 heteroatoms. The van der Waals surface area contributed by atoms with Crippen LogP contribution < -0.4 is 5.32 Å². The van der Waals surface area contributed by atoms with Crippen LogP contribution in [-0.4, -0.2) is 52.6 Å². The van der Waals surface area contributed by atoms with Gasteiger partial charge in [-0.3, -0.25) is 4.68 Å². The molecule has 0 bridgehead atoms. The van der Waals surface area contributed by atoms with Crippen LogP contribution in [0, 0.1) is 6.92 Å².